The Bertz CT molecular complexity index is 496. The number of hydrogen-bond donors (Lipinski definition) is 1. The molecule has 0 radical (unpaired) electrons. The zero-order chi connectivity index (χ0) is 11.7. The van der Waals surface area contributed by atoms with Gasteiger partial charge in [0.25, 0.3) is 0 Å². The normalized spacial score (nSPS) is 24.1. The number of pyridine rings is 1. The van der Waals surface area contributed by atoms with Crippen LogP contribution in [0.5, 0.6) is 0 Å². The number of nitrogens with two attached hydrogens (primary N) is 1. The molecule has 5 nitrogen and oxygen atoms in total. The van der Waals surface area contributed by atoms with Crippen molar-refractivity contribution in [2.75, 3.05) is 0 Å². The highest BCUT2D eigenvalue weighted by molar-refractivity contribution is 5.51. The topological polar surface area (TPSA) is 77.8 Å². The van der Waals surface area contributed by atoms with Crippen LogP contribution in [0, 0.1) is 0 Å². The third kappa shape index (κ3) is 1.93. The van der Waals surface area contributed by atoms with Crippen LogP contribution in [0.2, 0.25) is 0 Å². The third-order valence-corrected chi connectivity index (χ3v) is 3.25. The van der Waals surface area contributed by atoms with Gasteiger partial charge < -0.3 is 10.3 Å². The molecular formula is C12H14N4O. The van der Waals surface area contributed by atoms with Gasteiger partial charge in [0.2, 0.25) is 11.7 Å². The fraction of sp³-hybridized carbons (Fsp3) is 0.417. The maximum Gasteiger partial charge on any atom is 0.231 e. The van der Waals surface area contributed by atoms with E-state index in [1.165, 1.54) is 0 Å². The van der Waals surface area contributed by atoms with Gasteiger partial charge in [0.1, 0.15) is 0 Å². The van der Waals surface area contributed by atoms with Crippen molar-refractivity contribution in [2.24, 2.45) is 5.73 Å². The summed E-state index contributed by atoms with van der Waals surface area (Å²) in [6, 6.07) is 3.92. The summed E-state index contributed by atoms with van der Waals surface area (Å²) in [5.74, 6) is 1.47. The van der Waals surface area contributed by atoms with Crippen molar-refractivity contribution < 1.29 is 4.52 Å². The van der Waals surface area contributed by atoms with E-state index in [1.54, 1.807) is 12.4 Å². The molecule has 0 amide bonds. The van der Waals surface area contributed by atoms with Gasteiger partial charge in [-0.2, -0.15) is 4.98 Å². The summed E-state index contributed by atoms with van der Waals surface area (Å²) in [7, 11) is 0. The van der Waals surface area contributed by atoms with Gasteiger partial charge in [-0.05, 0) is 25.0 Å². The molecular weight excluding hydrogens is 216 g/mol. The predicted octanol–water partition coefficient (Wildman–Crippen LogP) is 1.73. The van der Waals surface area contributed by atoms with Crippen LogP contribution in [0.3, 0.4) is 0 Å². The van der Waals surface area contributed by atoms with E-state index < -0.39 is 0 Å². The minimum atomic E-state index is 0.150. The second-order valence-electron chi connectivity index (χ2n) is 4.40. The first-order chi connectivity index (χ1) is 8.34. The van der Waals surface area contributed by atoms with Crippen LogP contribution in [-0.2, 0) is 0 Å². The van der Waals surface area contributed by atoms with Crippen LogP contribution >= 0.6 is 0 Å². The molecule has 2 unspecified atom stereocenters. The van der Waals surface area contributed by atoms with Crippen molar-refractivity contribution in [1.82, 2.24) is 15.1 Å². The van der Waals surface area contributed by atoms with E-state index in [9.17, 15) is 0 Å². The molecule has 88 valence electrons. The Morgan fingerprint density at radius 1 is 1.35 bits per heavy atom. The summed E-state index contributed by atoms with van der Waals surface area (Å²) in [6.45, 7) is 0. The summed E-state index contributed by atoms with van der Waals surface area (Å²) in [4.78, 5) is 8.45. The molecule has 1 aliphatic rings. The third-order valence-electron chi connectivity index (χ3n) is 3.25. The van der Waals surface area contributed by atoms with E-state index in [0.29, 0.717) is 11.7 Å². The molecule has 2 N–H and O–H groups in total. The molecule has 1 fully saturated rings. The Morgan fingerprint density at radius 3 is 3.00 bits per heavy atom. The number of hydrogen-bond acceptors (Lipinski definition) is 5. The first-order valence-corrected chi connectivity index (χ1v) is 5.84. The molecule has 1 saturated carbocycles. The summed E-state index contributed by atoms with van der Waals surface area (Å²) in [6.07, 6.45) is 6.65. The average molecular weight is 230 g/mol. The second-order valence-corrected chi connectivity index (χ2v) is 4.40. The van der Waals surface area contributed by atoms with Gasteiger partial charge in [-0.15, -0.1) is 0 Å². The Hall–Kier alpha value is -1.75. The highest BCUT2D eigenvalue weighted by atomic mass is 16.5. The van der Waals surface area contributed by atoms with Gasteiger partial charge in [-0.3, -0.25) is 4.98 Å². The minimum absolute atomic E-state index is 0.150. The van der Waals surface area contributed by atoms with Crippen LogP contribution < -0.4 is 5.73 Å². The van der Waals surface area contributed by atoms with Crippen LogP contribution in [0.15, 0.2) is 29.0 Å². The molecule has 0 spiro atoms. The summed E-state index contributed by atoms with van der Waals surface area (Å²) in [5, 5.41) is 3.98. The summed E-state index contributed by atoms with van der Waals surface area (Å²) < 4.78 is 5.30. The number of nitrogens with zero attached hydrogens (tertiary/aromatic N) is 3. The fourth-order valence-corrected chi connectivity index (χ4v) is 2.29. The molecule has 0 saturated heterocycles. The number of aromatic nitrogens is 3. The van der Waals surface area contributed by atoms with Crippen molar-refractivity contribution in [3.05, 3.63) is 30.4 Å². The highest BCUT2D eigenvalue weighted by Gasteiger charge is 2.30. The average Bonchev–Trinajstić information content (AvgIpc) is 2.98. The van der Waals surface area contributed by atoms with E-state index in [4.69, 9.17) is 10.3 Å². The number of rotatable bonds is 2. The van der Waals surface area contributed by atoms with E-state index in [-0.39, 0.29) is 12.0 Å². The second kappa shape index (κ2) is 4.25. The standard InChI is InChI=1S/C12H14N4O/c13-10-5-1-4-9(10)12-15-11(16-17-12)8-3-2-6-14-7-8/h2-3,6-7,9-10H,1,4-5,13H2. The van der Waals surface area contributed by atoms with Gasteiger partial charge in [0.05, 0.1) is 5.92 Å². The molecule has 0 bridgehead atoms. The Morgan fingerprint density at radius 2 is 2.29 bits per heavy atom. The monoisotopic (exact) mass is 230 g/mol. The molecule has 0 aromatic carbocycles. The maximum atomic E-state index is 6.02. The lowest BCUT2D eigenvalue weighted by Crippen LogP contribution is -2.22. The van der Waals surface area contributed by atoms with Crippen LogP contribution in [0.4, 0.5) is 0 Å². The molecule has 3 rings (SSSR count). The summed E-state index contributed by atoms with van der Waals surface area (Å²) in [5.41, 5.74) is 6.89. The lowest BCUT2D eigenvalue weighted by Gasteiger charge is -2.08. The molecule has 2 aromatic heterocycles. The van der Waals surface area contributed by atoms with Crippen molar-refractivity contribution in [1.29, 1.82) is 0 Å². The molecule has 5 heteroatoms. The van der Waals surface area contributed by atoms with Gasteiger partial charge in [0.15, 0.2) is 0 Å². The lowest BCUT2D eigenvalue weighted by atomic mass is 10.1. The molecule has 2 aromatic rings. The van der Waals surface area contributed by atoms with Crippen molar-refractivity contribution in [3.63, 3.8) is 0 Å². The van der Waals surface area contributed by atoms with E-state index in [2.05, 4.69) is 15.1 Å². The molecule has 17 heavy (non-hydrogen) atoms. The van der Waals surface area contributed by atoms with Gasteiger partial charge in [-0.25, -0.2) is 0 Å². The zero-order valence-electron chi connectivity index (χ0n) is 9.41. The van der Waals surface area contributed by atoms with Gasteiger partial charge in [-0.1, -0.05) is 11.6 Å². The van der Waals surface area contributed by atoms with Crippen molar-refractivity contribution >= 4 is 0 Å². The minimum Gasteiger partial charge on any atom is -0.339 e. The van der Waals surface area contributed by atoms with Crippen LogP contribution in [-0.4, -0.2) is 21.2 Å². The van der Waals surface area contributed by atoms with Crippen LogP contribution in [0.25, 0.3) is 11.4 Å². The predicted molar refractivity (Wildman–Crippen MR) is 62.1 cm³/mol. The quantitative estimate of drug-likeness (QED) is 0.850. The van der Waals surface area contributed by atoms with Gasteiger partial charge in [0, 0.05) is 24.0 Å². The fourth-order valence-electron chi connectivity index (χ4n) is 2.29. The van der Waals surface area contributed by atoms with Crippen molar-refractivity contribution in [2.45, 2.75) is 31.2 Å². The smallest absolute Gasteiger partial charge is 0.231 e. The maximum absolute atomic E-state index is 6.02. The lowest BCUT2D eigenvalue weighted by molar-refractivity contribution is 0.345. The van der Waals surface area contributed by atoms with E-state index in [1.807, 2.05) is 12.1 Å². The molecule has 2 atom stereocenters. The SMILES string of the molecule is NC1CCCC1c1nc(-c2cccnc2)no1. The van der Waals surface area contributed by atoms with E-state index >= 15 is 0 Å². The van der Waals surface area contributed by atoms with Crippen molar-refractivity contribution in [3.8, 4) is 11.4 Å². The Labute approximate surface area is 99.1 Å². The van der Waals surface area contributed by atoms with Crippen LogP contribution in [0.1, 0.15) is 31.1 Å². The van der Waals surface area contributed by atoms with E-state index in [0.717, 1.165) is 24.8 Å². The molecule has 2 heterocycles. The molecule has 1 aliphatic carbocycles. The Balaban J connectivity index is 1.88. The van der Waals surface area contributed by atoms with Gasteiger partial charge >= 0.3 is 0 Å². The first kappa shape index (κ1) is 10.4. The highest BCUT2D eigenvalue weighted by Crippen LogP contribution is 2.33. The largest absolute Gasteiger partial charge is 0.339 e. The zero-order valence-corrected chi connectivity index (χ0v) is 9.41. The summed E-state index contributed by atoms with van der Waals surface area (Å²) >= 11 is 0. The molecule has 0 aliphatic heterocycles. The first-order valence-electron chi connectivity index (χ1n) is 5.84. The Kier molecular flexibility index (Phi) is 2.60.